The van der Waals surface area contributed by atoms with Crippen LogP contribution in [0.15, 0.2) is 62.7 Å². The Morgan fingerprint density at radius 2 is 1.69 bits per heavy atom. The molecule has 1 aliphatic rings. The maximum Gasteiger partial charge on any atom is 0.286 e. The number of carbonyl (C=O) groups is 1. The molecule has 1 heterocycles. The van der Waals surface area contributed by atoms with E-state index in [-0.39, 0.29) is 34.3 Å². The van der Waals surface area contributed by atoms with Gasteiger partial charge in [0.25, 0.3) is 10.0 Å². The summed E-state index contributed by atoms with van der Waals surface area (Å²) in [5, 5.41) is 8.03. The number of aryl methyl sites for hydroxylation is 1. The van der Waals surface area contributed by atoms with Gasteiger partial charge in [0.2, 0.25) is 10.0 Å². The van der Waals surface area contributed by atoms with Gasteiger partial charge < -0.3 is 5.32 Å². The fourth-order valence-corrected chi connectivity index (χ4v) is 4.68. The minimum Gasteiger partial charge on any atom is -0.342 e. The second kappa shape index (κ2) is 8.44. The SMILES string of the molecule is NS(=O)(=O)c1ccc(CCCC(=O)CCC2=NS(=O)(=O)c3ccccc3N2)cc1. The number of nitrogens with zero attached hydrogens (tertiary/aromatic N) is 1. The molecule has 0 aromatic heterocycles. The van der Waals surface area contributed by atoms with Crippen LogP contribution in [-0.4, -0.2) is 28.5 Å². The van der Waals surface area contributed by atoms with Crippen LogP contribution in [-0.2, 0) is 31.3 Å². The third kappa shape index (κ3) is 5.49. The first-order valence-electron chi connectivity index (χ1n) is 8.98. The summed E-state index contributed by atoms with van der Waals surface area (Å²) in [6, 6.07) is 12.7. The Hall–Kier alpha value is -2.56. The number of rotatable bonds is 8. The van der Waals surface area contributed by atoms with Crippen LogP contribution in [0.1, 0.15) is 31.2 Å². The Bertz CT molecular complexity index is 1150. The Kier molecular flexibility index (Phi) is 6.15. The molecule has 0 atom stereocenters. The monoisotopic (exact) mass is 435 g/mol. The first-order valence-corrected chi connectivity index (χ1v) is 12.0. The Labute approximate surface area is 170 Å². The van der Waals surface area contributed by atoms with E-state index in [0.29, 0.717) is 24.9 Å². The fourth-order valence-electron chi connectivity index (χ4n) is 2.99. The maximum atomic E-state index is 12.2. The molecule has 0 saturated carbocycles. The third-order valence-corrected chi connectivity index (χ3v) is 6.79. The molecule has 10 heteroatoms. The van der Waals surface area contributed by atoms with Gasteiger partial charge in [-0.3, -0.25) is 4.79 Å². The maximum absolute atomic E-state index is 12.2. The predicted molar refractivity (Wildman–Crippen MR) is 110 cm³/mol. The van der Waals surface area contributed by atoms with Crippen LogP contribution in [0.4, 0.5) is 5.69 Å². The summed E-state index contributed by atoms with van der Waals surface area (Å²) in [4.78, 5) is 12.3. The fraction of sp³-hybridized carbons (Fsp3) is 0.263. The summed E-state index contributed by atoms with van der Waals surface area (Å²) in [5.74, 6) is 0.266. The molecule has 0 radical (unpaired) electrons. The lowest BCUT2D eigenvalue weighted by Gasteiger charge is -2.17. The summed E-state index contributed by atoms with van der Waals surface area (Å²) < 4.78 is 50.6. The van der Waals surface area contributed by atoms with Crippen molar-refractivity contribution < 1.29 is 21.6 Å². The van der Waals surface area contributed by atoms with E-state index in [1.54, 1.807) is 30.3 Å². The van der Waals surface area contributed by atoms with Crippen LogP contribution >= 0.6 is 0 Å². The highest BCUT2D eigenvalue weighted by molar-refractivity contribution is 7.90. The normalized spacial score (nSPS) is 15.1. The predicted octanol–water partition coefficient (Wildman–Crippen LogP) is 2.22. The summed E-state index contributed by atoms with van der Waals surface area (Å²) in [6.07, 6.45) is 1.98. The van der Waals surface area contributed by atoms with Crippen molar-refractivity contribution in [3.8, 4) is 0 Å². The number of carbonyl (C=O) groups excluding carboxylic acids is 1. The molecular formula is C19H21N3O5S2. The molecule has 154 valence electrons. The molecule has 0 saturated heterocycles. The van der Waals surface area contributed by atoms with E-state index in [4.69, 9.17) is 5.14 Å². The number of hydrogen-bond donors (Lipinski definition) is 2. The number of amidine groups is 1. The molecule has 2 aromatic carbocycles. The molecule has 1 aliphatic heterocycles. The first-order chi connectivity index (χ1) is 13.6. The standard InChI is InChI=1S/C19H21N3O5S2/c20-28(24,25)16-11-8-14(9-12-16)4-3-5-15(23)10-13-19-21-17-6-1-2-7-18(17)29(26,27)22-19/h1-2,6-9,11-12H,3-5,10,13H2,(H,21,22)(H2,20,24,25). The van der Waals surface area contributed by atoms with Crippen LogP contribution in [0, 0.1) is 0 Å². The number of hydrogen-bond acceptors (Lipinski definition) is 6. The molecule has 0 spiro atoms. The van der Waals surface area contributed by atoms with Gasteiger partial charge in [-0.25, -0.2) is 13.6 Å². The Morgan fingerprint density at radius 3 is 2.38 bits per heavy atom. The molecule has 0 unspecified atom stereocenters. The summed E-state index contributed by atoms with van der Waals surface area (Å²) in [7, 11) is -7.46. The molecule has 3 N–H and O–H groups in total. The molecule has 3 rings (SSSR count). The Balaban J connectivity index is 1.48. The highest BCUT2D eigenvalue weighted by Crippen LogP contribution is 2.27. The molecule has 8 nitrogen and oxygen atoms in total. The van der Waals surface area contributed by atoms with Gasteiger partial charge in [-0.15, -0.1) is 4.40 Å². The zero-order valence-corrected chi connectivity index (χ0v) is 17.2. The average Bonchev–Trinajstić information content (AvgIpc) is 2.66. The van der Waals surface area contributed by atoms with E-state index in [1.807, 2.05) is 0 Å². The number of nitrogens with two attached hydrogens (primary N) is 1. The van der Waals surface area contributed by atoms with Crippen molar-refractivity contribution in [2.24, 2.45) is 9.54 Å². The molecule has 0 fully saturated rings. The number of para-hydroxylation sites is 1. The van der Waals surface area contributed by atoms with Crippen LogP contribution < -0.4 is 10.5 Å². The van der Waals surface area contributed by atoms with Gasteiger partial charge in [-0.2, -0.15) is 8.42 Å². The number of sulfonamides is 2. The Morgan fingerprint density at radius 1 is 1.00 bits per heavy atom. The molecule has 29 heavy (non-hydrogen) atoms. The summed E-state index contributed by atoms with van der Waals surface area (Å²) in [6.45, 7) is 0. The van der Waals surface area contributed by atoms with E-state index < -0.39 is 20.0 Å². The van der Waals surface area contributed by atoms with E-state index in [2.05, 4.69) is 9.71 Å². The number of benzene rings is 2. The smallest absolute Gasteiger partial charge is 0.286 e. The third-order valence-electron chi connectivity index (χ3n) is 4.49. The largest absolute Gasteiger partial charge is 0.342 e. The molecular weight excluding hydrogens is 414 g/mol. The zero-order valence-electron chi connectivity index (χ0n) is 15.5. The van der Waals surface area contributed by atoms with Gasteiger partial charge >= 0.3 is 0 Å². The molecule has 2 aromatic rings. The van der Waals surface area contributed by atoms with Crippen LogP contribution in [0.2, 0.25) is 0 Å². The van der Waals surface area contributed by atoms with Crippen molar-refractivity contribution >= 4 is 37.4 Å². The van der Waals surface area contributed by atoms with Crippen LogP contribution in [0.25, 0.3) is 0 Å². The van der Waals surface area contributed by atoms with Crippen molar-refractivity contribution in [3.05, 3.63) is 54.1 Å². The van der Waals surface area contributed by atoms with Crippen molar-refractivity contribution in [1.82, 2.24) is 0 Å². The summed E-state index contributed by atoms with van der Waals surface area (Å²) in [5.41, 5.74) is 1.37. The van der Waals surface area contributed by atoms with Crippen LogP contribution in [0.3, 0.4) is 0 Å². The number of fused-ring (bicyclic) bond motifs is 1. The molecule has 0 bridgehead atoms. The summed E-state index contributed by atoms with van der Waals surface area (Å²) >= 11 is 0. The lowest BCUT2D eigenvalue weighted by Crippen LogP contribution is -2.22. The molecule has 0 aliphatic carbocycles. The van der Waals surface area contributed by atoms with Crippen molar-refractivity contribution in [2.45, 2.75) is 41.9 Å². The van der Waals surface area contributed by atoms with E-state index in [1.165, 1.54) is 18.2 Å². The topological polar surface area (TPSA) is 136 Å². The lowest BCUT2D eigenvalue weighted by molar-refractivity contribution is -0.119. The zero-order chi connectivity index (χ0) is 21.1. The second-order valence-corrected chi connectivity index (χ2v) is 9.85. The van der Waals surface area contributed by atoms with Crippen molar-refractivity contribution in [2.75, 3.05) is 5.32 Å². The van der Waals surface area contributed by atoms with E-state index in [9.17, 15) is 21.6 Å². The van der Waals surface area contributed by atoms with Crippen molar-refractivity contribution in [3.63, 3.8) is 0 Å². The second-order valence-electron chi connectivity index (χ2n) is 6.72. The van der Waals surface area contributed by atoms with Gasteiger partial charge in [-0.05, 0) is 42.7 Å². The minimum absolute atomic E-state index is 0.00640. The number of ketones is 1. The quantitative estimate of drug-likeness (QED) is 0.652. The number of anilines is 1. The minimum atomic E-state index is -3.74. The van der Waals surface area contributed by atoms with Gasteiger partial charge in [-0.1, -0.05) is 24.3 Å². The van der Waals surface area contributed by atoms with Gasteiger partial charge in [0.15, 0.2) is 0 Å². The molecule has 0 amide bonds. The average molecular weight is 436 g/mol. The van der Waals surface area contributed by atoms with E-state index >= 15 is 0 Å². The number of nitrogens with one attached hydrogen (secondary N) is 1. The first kappa shape index (κ1) is 21.2. The lowest BCUT2D eigenvalue weighted by atomic mass is 10.0. The highest BCUT2D eigenvalue weighted by atomic mass is 32.2. The van der Waals surface area contributed by atoms with Crippen molar-refractivity contribution in [1.29, 1.82) is 0 Å². The number of Topliss-reactive ketones (excluding diaryl/α,β-unsaturated/α-hetero) is 1. The van der Waals surface area contributed by atoms with Crippen LogP contribution in [0.5, 0.6) is 0 Å². The van der Waals surface area contributed by atoms with Gasteiger partial charge in [0.1, 0.15) is 16.5 Å². The van der Waals surface area contributed by atoms with Gasteiger partial charge in [0.05, 0.1) is 10.6 Å². The number of primary sulfonamides is 1. The highest BCUT2D eigenvalue weighted by Gasteiger charge is 2.24. The van der Waals surface area contributed by atoms with Gasteiger partial charge in [0, 0.05) is 19.3 Å². The van der Waals surface area contributed by atoms with E-state index in [0.717, 1.165) is 5.56 Å².